The van der Waals surface area contributed by atoms with E-state index in [1.165, 1.54) is 103 Å². The van der Waals surface area contributed by atoms with Crippen molar-refractivity contribution in [3.8, 4) is 0 Å². The monoisotopic (exact) mass is 824 g/mol. The van der Waals surface area contributed by atoms with E-state index in [4.69, 9.17) is 24.3 Å². The third-order valence-corrected chi connectivity index (χ3v) is 10.7. The molecule has 10 heteroatoms. The van der Waals surface area contributed by atoms with Gasteiger partial charge in [0.1, 0.15) is 6.61 Å². The highest BCUT2D eigenvalue weighted by Gasteiger charge is 2.26. The van der Waals surface area contributed by atoms with E-state index in [0.29, 0.717) is 6.42 Å². The van der Waals surface area contributed by atoms with E-state index in [1.807, 2.05) is 0 Å². The number of phosphoric ester groups is 1. The van der Waals surface area contributed by atoms with Crippen LogP contribution in [0.4, 0.5) is 0 Å². The van der Waals surface area contributed by atoms with Crippen molar-refractivity contribution in [2.75, 3.05) is 26.4 Å². The van der Waals surface area contributed by atoms with Crippen LogP contribution in [0.25, 0.3) is 0 Å². The molecule has 0 radical (unpaired) electrons. The zero-order chi connectivity index (χ0) is 41.8. The van der Waals surface area contributed by atoms with Gasteiger partial charge in [0, 0.05) is 19.4 Å². The van der Waals surface area contributed by atoms with Gasteiger partial charge in [0.05, 0.1) is 13.2 Å². The Morgan fingerprint density at radius 1 is 0.526 bits per heavy atom. The van der Waals surface area contributed by atoms with Crippen molar-refractivity contribution in [2.45, 2.75) is 213 Å². The third-order valence-electron chi connectivity index (χ3n) is 9.69. The van der Waals surface area contributed by atoms with Crippen molar-refractivity contribution < 1.29 is 37.6 Å². The highest BCUT2D eigenvalue weighted by molar-refractivity contribution is 7.47. The SMILES string of the molecule is CCCCC/C=C\C/C=C\C/C=C\CCCCCCC(=O)O[C@H](COC(=O)CCCCCCCCC/C=C\CCCCCCCCCC)COP(=O)(O)OCCN. The number of carbonyl (C=O) groups excluding carboxylic acids is 2. The fourth-order valence-electron chi connectivity index (χ4n) is 6.22. The summed E-state index contributed by atoms with van der Waals surface area (Å²) in [6.07, 6.45) is 50.0. The van der Waals surface area contributed by atoms with Crippen molar-refractivity contribution in [1.82, 2.24) is 0 Å². The molecule has 9 nitrogen and oxygen atoms in total. The second kappa shape index (κ2) is 43.5. The van der Waals surface area contributed by atoms with E-state index in [0.717, 1.165) is 70.6 Å². The van der Waals surface area contributed by atoms with Crippen molar-refractivity contribution >= 4 is 19.8 Å². The number of esters is 2. The van der Waals surface area contributed by atoms with Gasteiger partial charge in [-0.1, -0.05) is 165 Å². The first-order chi connectivity index (χ1) is 27.8. The molecule has 0 aliphatic carbocycles. The van der Waals surface area contributed by atoms with E-state index in [9.17, 15) is 19.0 Å². The van der Waals surface area contributed by atoms with E-state index in [1.54, 1.807) is 0 Å². The van der Waals surface area contributed by atoms with Crippen LogP contribution in [-0.4, -0.2) is 49.3 Å². The number of hydrogen-bond acceptors (Lipinski definition) is 8. The molecule has 0 fully saturated rings. The van der Waals surface area contributed by atoms with Gasteiger partial charge in [-0.25, -0.2) is 4.57 Å². The minimum absolute atomic E-state index is 0.0476. The zero-order valence-electron chi connectivity index (χ0n) is 36.6. The van der Waals surface area contributed by atoms with E-state index >= 15 is 0 Å². The van der Waals surface area contributed by atoms with Gasteiger partial charge in [0.15, 0.2) is 6.10 Å². The molecule has 0 aromatic carbocycles. The number of nitrogens with two attached hydrogens (primary N) is 1. The fraction of sp³-hybridized carbons (Fsp3) is 0.787. The number of phosphoric acid groups is 1. The van der Waals surface area contributed by atoms with Gasteiger partial charge in [-0.15, -0.1) is 0 Å². The van der Waals surface area contributed by atoms with Crippen LogP contribution in [0.3, 0.4) is 0 Å². The van der Waals surface area contributed by atoms with Gasteiger partial charge in [0.2, 0.25) is 0 Å². The van der Waals surface area contributed by atoms with Crippen molar-refractivity contribution in [3.05, 3.63) is 48.6 Å². The van der Waals surface area contributed by atoms with E-state index in [2.05, 4.69) is 62.5 Å². The Labute approximate surface area is 349 Å². The molecule has 0 heterocycles. The van der Waals surface area contributed by atoms with Crippen LogP contribution in [0.5, 0.6) is 0 Å². The quantitative estimate of drug-likeness (QED) is 0.0267. The van der Waals surface area contributed by atoms with Crippen LogP contribution in [0, 0.1) is 0 Å². The molecule has 0 aliphatic heterocycles. The van der Waals surface area contributed by atoms with Crippen molar-refractivity contribution in [1.29, 1.82) is 0 Å². The van der Waals surface area contributed by atoms with Gasteiger partial charge >= 0.3 is 19.8 Å². The normalized spacial score (nSPS) is 13.7. The summed E-state index contributed by atoms with van der Waals surface area (Å²) in [4.78, 5) is 34.9. The minimum Gasteiger partial charge on any atom is -0.462 e. The molecule has 57 heavy (non-hydrogen) atoms. The number of unbranched alkanes of at least 4 members (excludes halogenated alkanes) is 22. The summed E-state index contributed by atoms with van der Waals surface area (Å²) in [5.41, 5.74) is 5.35. The summed E-state index contributed by atoms with van der Waals surface area (Å²) in [6, 6.07) is 0. The summed E-state index contributed by atoms with van der Waals surface area (Å²) in [5, 5.41) is 0. The van der Waals surface area contributed by atoms with Crippen molar-refractivity contribution in [3.63, 3.8) is 0 Å². The summed E-state index contributed by atoms with van der Waals surface area (Å²) in [5.74, 6) is -0.857. The second-order valence-corrected chi connectivity index (χ2v) is 16.7. The second-order valence-electron chi connectivity index (χ2n) is 15.3. The van der Waals surface area contributed by atoms with Crippen LogP contribution in [0.1, 0.15) is 206 Å². The maximum atomic E-state index is 12.6. The smallest absolute Gasteiger partial charge is 0.462 e. The van der Waals surface area contributed by atoms with Crippen LogP contribution >= 0.6 is 7.82 Å². The average Bonchev–Trinajstić information content (AvgIpc) is 3.20. The molecule has 0 rings (SSSR count). The Hall–Kier alpha value is -2.03. The summed E-state index contributed by atoms with van der Waals surface area (Å²) >= 11 is 0. The zero-order valence-corrected chi connectivity index (χ0v) is 37.5. The lowest BCUT2D eigenvalue weighted by Gasteiger charge is -2.19. The summed E-state index contributed by atoms with van der Waals surface area (Å²) in [7, 11) is -4.39. The number of hydrogen-bond donors (Lipinski definition) is 2. The maximum Gasteiger partial charge on any atom is 0.472 e. The fourth-order valence-corrected chi connectivity index (χ4v) is 6.99. The topological polar surface area (TPSA) is 134 Å². The first kappa shape index (κ1) is 55.0. The number of rotatable bonds is 43. The summed E-state index contributed by atoms with van der Waals surface area (Å²) < 4.78 is 32.8. The molecule has 0 aromatic rings. The molecule has 332 valence electrons. The van der Waals surface area contributed by atoms with Gasteiger partial charge in [-0.2, -0.15) is 0 Å². The number of allylic oxidation sites excluding steroid dienone is 8. The molecular weight excluding hydrogens is 737 g/mol. The minimum atomic E-state index is -4.39. The van der Waals surface area contributed by atoms with Crippen molar-refractivity contribution in [2.24, 2.45) is 5.73 Å². The Bertz CT molecular complexity index is 1080. The number of carbonyl (C=O) groups is 2. The van der Waals surface area contributed by atoms with Crippen LogP contribution in [0.2, 0.25) is 0 Å². The molecule has 0 aliphatic rings. The highest BCUT2D eigenvalue weighted by atomic mass is 31.2. The Morgan fingerprint density at radius 2 is 0.912 bits per heavy atom. The Kier molecular flexibility index (Phi) is 42.0. The maximum absolute atomic E-state index is 12.6. The van der Waals surface area contributed by atoms with E-state index in [-0.39, 0.29) is 32.6 Å². The Morgan fingerprint density at radius 3 is 1.40 bits per heavy atom. The molecule has 0 saturated heterocycles. The predicted molar refractivity (Wildman–Crippen MR) is 238 cm³/mol. The molecule has 0 bridgehead atoms. The highest BCUT2D eigenvalue weighted by Crippen LogP contribution is 2.43. The molecule has 0 spiro atoms. The summed E-state index contributed by atoms with van der Waals surface area (Å²) in [6.45, 7) is 3.68. The molecule has 0 saturated carbocycles. The van der Waals surface area contributed by atoms with Gasteiger partial charge in [0.25, 0.3) is 0 Å². The Balaban J connectivity index is 4.16. The van der Waals surface area contributed by atoms with Crippen LogP contribution in [0.15, 0.2) is 48.6 Å². The molecular formula is C47H86NO8P. The van der Waals surface area contributed by atoms with Crippen LogP contribution in [-0.2, 0) is 32.7 Å². The lowest BCUT2D eigenvalue weighted by Crippen LogP contribution is -2.29. The average molecular weight is 824 g/mol. The van der Waals surface area contributed by atoms with E-state index < -0.39 is 32.5 Å². The van der Waals surface area contributed by atoms with Gasteiger partial charge in [-0.3, -0.25) is 18.6 Å². The lowest BCUT2D eigenvalue weighted by atomic mass is 10.1. The van der Waals surface area contributed by atoms with Gasteiger partial charge < -0.3 is 20.1 Å². The van der Waals surface area contributed by atoms with Gasteiger partial charge in [-0.05, 0) is 77.0 Å². The molecule has 2 atom stereocenters. The molecule has 0 aromatic heterocycles. The standard InChI is InChI=1S/C47H86NO8P/c1-3-5-7-9-11-13-15-17-19-21-22-24-25-27-29-31-33-35-37-39-46(49)53-43-45(44-55-57(51,52)54-42-41-48)56-47(50)40-38-36-34-32-30-28-26-23-20-18-16-14-12-10-8-6-4-2/h12,14,18,20-22,26,28,45H,3-11,13,15-17,19,23-25,27,29-44,48H2,1-2H3,(H,51,52)/b14-12-,20-18-,22-21-,28-26-/t45-/m1/s1. The molecule has 0 amide bonds. The predicted octanol–water partition coefficient (Wildman–Crippen LogP) is 13.5. The molecule has 3 N–H and O–H groups in total. The third kappa shape index (κ3) is 43.4. The van der Waals surface area contributed by atoms with Crippen LogP contribution < -0.4 is 5.73 Å². The number of ether oxygens (including phenoxy) is 2. The largest absolute Gasteiger partial charge is 0.472 e. The lowest BCUT2D eigenvalue weighted by molar-refractivity contribution is -0.161. The first-order valence-corrected chi connectivity index (χ1v) is 24.6. The first-order valence-electron chi connectivity index (χ1n) is 23.1. The molecule has 1 unspecified atom stereocenters.